The lowest BCUT2D eigenvalue weighted by Crippen LogP contribution is -2.48. The van der Waals surface area contributed by atoms with E-state index < -0.39 is 23.8 Å². The number of β-amino-alcohol motifs (C(OH)–C–C–N with tert-alkyl or cyclic N) is 1. The Kier molecular flexibility index (Phi) is 5.65. The third-order valence-electron chi connectivity index (χ3n) is 4.25. The molecule has 0 saturated carbocycles. The topological polar surface area (TPSA) is 43.7 Å². The molecule has 6 heteroatoms. The average Bonchev–Trinajstić information content (AvgIpc) is 2.37. The van der Waals surface area contributed by atoms with Gasteiger partial charge in [0.1, 0.15) is 0 Å². The summed E-state index contributed by atoms with van der Waals surface area (Å²) in [5, 5.41) is 19.4. The molecule has 0 bridgehead atoms. The van der Waals surface area contributed by atoms with E-state index in [-0.39, 0.29) is 0 Å². The highest BCUT2D eigenvalue weighted by Crippen LogP contribution is 2.32. The summed E-state index contributed by atoms with van der Waals surface area (Å²) < 4.78 is 37.2. The van der Waals surface area contributed by atoms with Gasteiger partial charge in [-0.15, -0.1) is 0 Å². The second-order valence-corrected chi connectivity index (χ2v) is 5.53. The van der Waals surface area contributed by atoms with Crippen molar-refractivity contribution >= 4 is 0 Å². The number of rotatable bonds is 5. The van der Waals surface area contributed by atoms with Crippen molar-refractivity contribution in [3.05, 3.63) is 0 Å². The van der Waals surface area contributed by atoms with Gasteiger partial charge in [-0.3, -0.25) is 0 Å². The van der Waals surface area contributed by atoms with E-state index >= 15 is 0 Å². The molecule has 1 fully saturated rings. The third kappa shape index (κ3) is 4.61. The molecule has 0 aromatic heterocycles. The highest BCUT2D eigenvalue weighted by molar-refractivity contribution is 4.85. The van der Waals surface area contributed by atoms with Crippen LogP contribution < -0.4 is 0 Å². The highest BCUT2D eigenvalue weighted by atomic mass is 19.4. The molecule has 0 aromatic carbocycles. The van der Waals surface area contributed by atoms with Crippen molar-refractivity contribution in [3.63, 3.8) is 0 Å². The van der Waals surface area contributed by atoms with Crippen molar-refractivity contribution in [2.45, 2.75) is 57.4 Å². The Hall–Kier alpha value is -0.330. The van der Waals surface area contributed by atoms with Crippen LogP contribution in [-0.2, 0) is 0 Å². The van der Waals surface area contributed by atoms with Crippen LogP contribution in [-0.4, -0.2) is 52.6 Å². The number of nitrogens with zero attached hydrogens (tertiary/aromatic N) is 1. The molecule has 1 atom stereocenters. The lowest BCUT2D eigenvalue weighted by molar-refractivity contribution is -0.223. The van der Waals surface area contributed by atoms with Crippen LogP contribution in [0.25, 0.3) is 0 Å². The molecule has 0 aromatic rings. The van der Waals surface area contributed by atoms with Gasteiger partial charge in [0, 0.05) is 6.54 Å². The Morgan fingerprint density at radius 3 is 2.00 bits per heavy atom. The van der Waals surface area contributed by atoms with Gasteiger partial charge in [-0.2, -0.15) is 13.2 Å². The normalized spacial score (nSPS) is 21.6. The molecule has 1 heterocycles. The number of hydrogen-bond acceptors (Lipinski definition) is 3. The maximum Gasteiger partial charge on any atom is 0.414 e. The highest BCUT2D eigenvalue weighted by Gasteiger charge is 2.44. The van der Waals surface area contributed by atoms with E-state index in [2.05, 4.69) is 0 Å². The maximum atomic E-state index is 12.4. The second kappa shape index (κ2) is 6.41. The molecule has 0 radical (unpaired) electrons. The summed E-state index contributed by atoms with van der Waals surface area (Å²) in [7, 11) is 0. The quantitative estimate of drug-likeness (QED) is 0.812. The standard InChI is InChI=1S/C13H24F3NO2/c1-3-12(19,4-2)9-17-7-5-10(6-8-17)11(18)13(14,15)16/h10-11,18-19H,3-9H2,1-2H3. The van der Waals surface area contributed by atoms with Crippen LogP contribution in [0.2, 0.25) is 0 Å². The van der Waals surface area contributed by atoms with Gasteiger partial charge in [0.2, 0.25) is 0 Å². The molecule has 1 unspecified atom stereocenters. The van der Waals surface area contributed by atoms with E-state index in [0.717, 1.165) is 0 Å². The molecule has 1 aliphatic rings. The monoisotopic (exact) mass is 283 g/mol. The van der Waals surface area contributed by atoms with Crippen LogP contribution in [0.5, 0.6) is 0 Å². The number of alkyl halides is 3. The summed E-state index contributed by atoms with van der Waals surface area (Å²) in [5.74, 6) is -0.715. The van der Waals surface area contributed by atoms with Gasteiger partial charge in [-0.1, -0.05) is 13.8 Å². The molecule has 1 rings (SSSR count). The van der Waals surface area contributed by atoms with E-state index in [1.165, 1.54) is 0 Å². The molecule has 0 aliphatic carbocycles. The molecule has 3 nitrogen and oxygen atoms in total. The van der Waals surface area contributed by atoms with Crippen LogP contribution in [0, 0.1) is 5.92 Å². The van der Waals surface area contributed by atoms with Gasteiger partial charge in [0.25, 0.3) is 0 Å². The Labute approximate surface area is 112 Å². The Morgan fingerprint density at radius 2 is 1.63 bits per heavy atom. The van der Waals surface area contributed by atoms with Gasteiger partial charge in [-0.25, -0.2) is 0 Å². The minimum absolute atomic E-state index is 0.324. The summed E-state index contributed by atoms with van der Waals surface area (Å²) in [5.41, 5.74) is -0.754. The first-order valence-corrected chi connectivity index (χ1v) is 6.91. The van der Waals surface area contributed by atoms with Gasteiger partial charge in [0.15, 0.2) is 6.10 Å². The van der Waals surface area contributed by atoms with Crippen LogP contribution in [0.4, 0.5) is 13.2 Å². The largest absolute Gasteiger partial charge is 0.414 e. The molecule has 0 amide bonds. The van der Waals surface area contributed by atoms with E-state index in [4.69, 9.17) is 0 Å². The fourth-order valence-corrected chi connectivity index (χ4v) is 2.58. The van der Waals surface area contributed by atoms with Crippen molar-refractivity contribution in [1.82, 2.24) is 4.90 Å². The van der Waals surface area contributed by atoms with Gasteiger partial charge < -0.3 is 15.1 Å². The van der Waals surface area contributed by atoms with E-state index in [9.17, 15) is 23.4 Å². The van der Waals surface area contributed by atoms with Crippen molar-refractivity contribution in [1.29, 1.82) is 0 Å². The van der Waals surface area contributed by atoms with Crippen LogP contribution in [0.1, 0.15) is 39.5 Å². The zero-order valence-electron chi connectivity index (χ0n) is 11.6. The van der Waals surface area contributed by atoms with Gasteiger partial charge in [-0.05, 0) is 44.7 Å². The number of aliphatic hydroxyl groups is 2. The smallest absolute Gasteiger partial charge is 0.389 e. The number of likely N-dealkylation sites (tertiary alicyclic amines) is 1. The summed E-state index contributed by atoms with van der Waals surface area (Å²) in [4.78, 5) is 1.99. The molecule has 2 N–H and O–H groups in total. The lowest BCUT2D eigenvalue weighted by atomic mass is 9.89. The summed E-state index contributed by atoms with van der Waals surface area (Å²) >= 11 is 0. The average molecular weight is 283 g/mol. The van der Waals surface area contributed by atoms with Crippen LogP contribution in [0.3, 0.4) is 0 Å². The summed E-state index contributed by atoms with van der Waals surface area (Å²) in [6.07, 6.45) is -4.83. The SMILES string of the molecule is CCC(O)(CC)CN1CCC(C(O)C(F)(F)F)CC1. The first kappa shape index (κ1) is 16.7. The molecule has 0 spiro atoms. The third-order valence-corrected chi connectivity index (χ3v) is 4.25. The van der Waals surface area contributed by atoms with Gasteiger partial charge >= 0.3 is 6.18 Å². The number of halogens is 3. The molecular formula is C13H24F3NO2. The summed E-state index contributed by atoms with van der Waals surface area (Å²) in [6.45, 7) is 5.31. The molecule has 114 valence electrons. The van der Waals surface area contributed by atoms with Crippen LogP contribution in [0.15, 0.2) is 0 Å². The molecular weight excluding hydrogens is 259 g/mol. The van der Waals surface area contributed by atoms with E-state index in [1.54, 1.807) is 0 Å². The zero-order chi connectivity index (χ0) is 14.7. The molecule has 1 saturated heterocycles. The first-order valence-electron chi connectivity index (χ1n) is 6.91. The second-order valence-electron chi connectivity index (χ2n) is 5.53. The Bertz CT molecular complexity index is 272. The van der Waals surface area contributed by atoms with Crippen molar-refractivity contribution in [2.24, 2.45) is 5.92 Å². The van der Waals surface area contributed by atoms with E-state index in [1.807, 2.05) is 18.7 Å². The van der Waals surface area contributed by atoms with E-state index in [0.29, 0.717) is 45.3 Å². The minimum atomic E-state index is -4.53. The minimum Gasteiger partial charge on any atom is -0.389 e. The number of hydrogen-bond donors (Lipinski definition) is 2. The molecule has 1 aliphatic heterocycles. The number of aliphatic hydroxyl groups excluding tert-OH is 1. The lowest BCUT2D eigenvalue weighted by Gasteiger charge is -2.38. The fraction of sp³-hybridized carbons (Fsp3) is 1.00. The predicted octanol–water partition coefficient (Wildman–Crippen LogP) is 2.17. The molecule has 19 heavy (non-hydrogen) atoms. The fourth-order valence-electron chi connectivity index (χ4n) is 2.58. The van der Waals surface area contributed by atoms with Crippen molar-refractivity contribution in [2.75, 3.05) is 19.6 Å². The van der Waals surface area contributed by atoms with Gasteiger partial charge in [0.05, 0.1) is 5.60 Å². The zero-order valence-corrected chi connectivity index (χ0v) is 11.6. The summed E-state index contributed by atoms with van der Waals surface area (Å²) in [6, 6.07) is 0. The maximum absolute atomic E-state index is 12.4. The first-order chi connectivity index (χ1) is 8.72. The number of piperidine rings is 1. The van der Waals surface area contributed by atoms with Crippen molar-refractivity contribution < 1.29 is 23.4 Å². The Morgan fingerprint density at radius 1 is 1.16 bits per heavy atom. The van der Waals surface area contributed by atoms with Crippen molar-refractivity contribution in [3.8, 4) is 0 Å². The predicted molar refractivity (Wildman–Crippen MR) is 66.8 cm³/mol. The Balaban J connectivity index is 2.45. The van der Waals surface area contributed by atoms with Crippen LogP contribution >= 0.6 is 0 Å².